The first kappa shape index (κ1) is 11.4. The van der Waals surface area contributed by atoms with Gasteiger partial charge in [0.25, 0.3) is 0 Å². The van der Waals surface area contributed by atoms with Crippen LogP contribution in [0.3, 0.4) is 0 Å². The van der Waals surface area contributed by atoms with Gasteiger partial charge in [-0.05, 0) is 18.8 Å². The molecule has 1 rings (SSSR count). The molecule has 0 radical (unpaired) electrons. The van der Waals surface area contributed by atoms with E-state index in [0.29, 0.717) is 11.7 Å². The summed E-state index contributed by atoms with van der Waals surface area (Å²) < 4.78 is 0. The molecule has 5 heteroatoms. The van der Waals surface area contributed by atoms with Gasteiger partial charge in [-0.1, -0.05) is 11.6 Å². The van der Waals surface area contributed by atoms with Crippen LogP contribution in [0.1, 0.15) is 19.3 Å². The third kappa shape index (κ3) is 3.57. The average Bonchev–Trinajstić information content (AvgIpc) is 2.06. The lowest BCUT2D eigenvalue weighted by molar-refractivity contribution is -0.115. The van der Waals surface area contributed by atoms with E-state index >= 15 is 0 Å². The Balaban J connectivity index is 2.35. The topological polar surface area (TPSA) is 64.7 Å². The first-order valence-electron chi connectivity index (χ1n) is 4.70. The van der Waals surface area contributed by atoms with Crippen LogP contribution >= 0.6 is 11.8 Å². The van der Waals surface area contributed by atoms with Gasteiger partial charge in [0.15, 0.2) is 0 Å². The normalized spacial score (nSPS) is 19.2. The Morgan fingerprint density at radius 2 is 2.50 bits per heavy atom. The number of nitrogens with zero attached hydrogens (tertiary/aromatic N) is 1. The van der Waals surface area contributed by atoms with Gasteiger partial charge < -0.3 is 10.6 Å². The number of amides is 1. The molecule has 4 nitrogen and oxygen atoms in total. The minimum atomic E-state index is -0.273. The van der Waals surface area contributed by atoms with Crippen LogP contribution < -0.4 is 5.73 Å². The number of primary amides is 1. The highest BCUT2D eigenvalue weighted by Crippen LogP contribution is 2.34. The largest absolute Gasteiger partial charge is 0.399 e. The summed E-state index contributed by atoms with van der Waals surface area (Å²) in [6.45, 7) is 0. The van der Waals surface area contributed by atoms with Crippen molar-refractivity contribution < 1.29 is 9.63 Å². The lowest BCUT2D eigenvalue weighted by atomic mass is 9.83. The summed E-state index contributed by atoms with van der Waals surface area (Å²) in [6, 6.07) is 0. The molecule has 0 aromatic rings. The van der Waals surface area contributed by atoms with Crippen molar-refractivity contribution in [3.05, 3.63) is 0 Å². The number of oxime groups is 1. The first-order chi connectivity index (χ1) is 6.74. The molecule has 0 saturated heterocycles. The van der Waals surface area contributed by atoms with Gasteiger partial charge in [0, 0.05) is 5.25 Å². The number of rotatable bonds is 6. The molecule has 1 amide bonds. The van der Waals surface area contributed by atoms with E-state index < -0.39 is 0 Å². The highest BCUT2D eigenvalue weighted by molar-refractivity contribution is 8.01. The predicted octanol–water partition coefficient (Wildman–Crippen LogP) is 1.01. The van der Waals surface area contributed by atoms with Crippen LogP contribution in [0, 0.1) is 5.92 Å². The summed E-state index contributed by atoms with van der Waals surface area (Å²) >= 11 is 1.55. The summed E-state index contributed by atoms with van der Waals surface area (Å²) in [7, 11) is 1.52. The molecule has 1 aliphatic carbocycles. The molecular formula is C9H16N2O2S. The second kappa shape index (κ2) is 5.90. The zero-order chi connectivity index (χ0) is 10.4. The fourth-order valence-corrected chi connectivity index (χ4v) is 2.41. The fourth-order valence-electron chi connectivity index (χ4n) is 1.37. The van der Waals surface area contributed by atoms with E-state index in [4.69, 9.17) is 5.73 Å². The van der Waals surface area contributed by atoms with E-state index in [0.717, 1.165) is 0 Å². The fraction of sp³-hybridized carbons (Fsp3) is 0.778. The highest BCUT2D eigenvalue weighted by Gasteiger charge is 2.26. The minimum Gasteiger partial charge on any atom is -0.399 e. The standard InChI is InChI=1S/C9H16N2O2S/c1-13-11-5-8(7-3-2-4-7)14-6-9(10)12/h5,7-8H,2-4,6H2,1H3,(H2,10,12)/b11-5+. The van der Waals surface area contributed by atoms with E-state index in [1.807, 2.05) is 0 Å². The highest BCUT2D eigenvalue weighted by atomic mass is 32.2. The Morgan fingerprint density at radius 1 is 1.79 bits per heavy atom. The summed E-state index contributed by atoms with van der Waals surface area (Å²) in [5.41, 5.74) is 5.09. The maximum atomic E-state index is 10.6. The first-order valence-corrected chi connectivity index (χ1v) is 5.75. The van der Waals surface area contributed by atoms with E-state index in [2.05, 4.69) is 9.99 Å². The number of thioether (sulfide) groups is 1. The number of hydrogen-bond donors (Lipinski definition) is 1. The molecule has 1 fully saturated rings. The summed E-state index contributed by atoms with van der Waals surface area (Å²) in [5.74, 6) is 0.722. The van der Waals surface area contributed by atoms with Crippen LogP contribution in [-0.4, -0.2) is 30.2 Å². The van der Waals surface area contributed by atoms with Crippen molar-refractivity contribution in [2.24, 2.45) is 16.8 Å². The Labute approximate surface area is 88.2 Å². The van der Waals surface area contributed by atoms with Crippen LogP contribution in [0.5, 0.6) is 0 Å². The van der Waals surface area contributed by atoms with E-state index in [1.165, 1.54) is 26.4 Å². The number of nitrogens with two attached hydrogens (primary N) is 1. The van der Waals surface area contributed by atoms with Gasteiger partial charge in [-0.25, -0.2) is 0 Å². The van der Waals surface area contributed by atoms with E-state index in [1.54, 1.807) is 18.0 Å². The van der Waals surface area contributed by atoms with Gasteiger partial charge in [0.05, 0.1) is 12.0 Å². The van der Waals surface area contributed by atoms with E-state index in [9.17, 15) is 4.79 Å². The van der Waals surface area contributed by atoms with Crippen LogP contribution in [0.4, 0.5) is 0 Å². The number of carbonyl (C=O) groups is 1. The van der Waals surface area contributed by atoms with Gasteiger partial charge in [-0.2, -0.15) is 0 Å². The summed E-state index contributed by atoms with van der Waals surface area (Å²) in [5, 5.41) is 4.03. The molecular weight excluding hydrogens is 200 g/mol. The number of carbonyl (C=O) groups excluding carboxylic acids is 1. The minimum absolute atomic E-state index is 0.273. The lowest BCUT2D eigenvalue weighted by Crippen LogP contribution is -2.27. The summed E-state index contributed by atoms with van der Waals surface area (Å²) in [6.07, 6.45) is 5.48. The molecule has 1 saturated carbocycles. The van der Waals surface area contributed by atoms with Crippen molar-refractivity contribution >= 4 is 23.9 Å². The molecule has 0 spiro atoms. The van der Waals surface area contributed by atoms with Gasteiger partial charge in [0.1, 0.15) is 7.11 Å². The van der Waals surface area contributed by atoms with Crippen LogP contribution in [0.2, 0.25) is 0 Å². The third-order valence-electron chi connectivity index (χ3n) is 2.35. The third-order valence-corrected chi connectivity index (χ3v) is 3.69. The maximum Gasteiger partial charge on any atom is 0.227 e. The van der Waals surface area contributed by atoms with Crippen LogP contribution in [0.15, 0.2) is 5.16 Å². The van der Waals surface area contributed by atoms with Crippen LogP contribution in [0.25, 0.3) is 0 Å². The zero-order valence-corrected chi connectivity index (χ0v) is 9.13. The molecule has 0 aromatic heterocycles. The van der Waals surface area contributed by atoms with Crippen molar-refractivity contribution in [3.8, 4) is 0 Å². The monoisotopic (exact) mass is 216 g/mol. The molecule has 1 aliphatic rings. The molecule has 0 bridgehead atoms. The average molecular weight is 216 g/mol. The van der Waals surface area contributed by atoms with E-state index in [-0.39, 0.29) is 11.2 Å². The molecule has 0 heterocycles. The molecule has 0 aliphatic heterocycles. The second-order valence-electron chi connectivity index (χ2n) is 3.37. The van der Waals surface area contributed by atoms with Gasteiger partial charge in [-0.15, -0.1) is 11.8 Å². The molecule has 1 unspecified atom stereocenters. The Bertz CT molecular complexity index is 217. The van der Waals surface area contributed by atoms with Crippen molar-refractivity contribution in [1.29, 1.82) is 0 Å². The van der Waals surface area contributed by atoms with Gasteiger partial charge >= 0.3 is 0 Å². The van der Waals surface area contributed by atoms with Crippen molar-refractivity contribution in [2.45, 2.75) is 24.5 Å². The Hall–Kier alpha value is -0.710. The van der Waals surface area contributed by atoms with Crippen molar-refractivity contribution in [2.75, 3.05) is 12.9 Å². The molecule has 1 atom stereocenters. The quantitative estimate of drug-likeness (QED) is 0.532. The molecule has 80 valence electrons. The number of hydrogen-bond acceptors (Lipinski definition) is 4. The lowest BCUT2D eigenvalue weighted by Gasteiger charge is -2.30. The van der Waals surface area contributed by atoms with Crippen molar-refractivity contribution in [1.82, 2.24) is 0 Å². The SMILES string of the molecule is CO/N=C/C(SCC(N)=O)C1CCC1. The van der Waals surface area contributed by atoms with Crippen LogP contribution in [-0.2, 0) is 9.63 Å². The Kier molecular flexibility index (Phi) is 4.79. The van der Waals surface area contributed by atoms with Crippen molar-refractivity contribution in [3.63, 3.8) is 0 Å². The molecule has 14 heavy (non-hydrogen) atoms. The predicted molar refractivity (Wildman–Crippen MR) is 58.3 cm³/mol. The van der Waals surface area contributed by atoms with Gasteiger partial charge in [0.2, 0.25) is 5.91 Å². The smallest absolute Gasteiger partial charge is 0.227 e. The molecule has 2 N–H and O–H groups in total. The maximum absolute atomic E-state index is 10.6. The Morgan fingerprint density at radius 3 is 2.93 bits per heavy atom. The van der Waals surface area contributed by atoms with Gasteiger partial charge in [-0.3, -0.25) is 4.79 Å². The zero-order valence-electron chi connectivity index (χ0n) is 8.31. The second-order valence-corrected chi connectivity index (χ2v) is 4.54. The molecule has 0 aromatic carbocycles. The summed E-state index contributed by atoms with van der Waals surface area (Å²) in [4.78, 5) is 15.3.